The van der Waals surface area contributed by atoms with Crippen molar-refractivity contribution in [1.29, 1.82) is 0 Å². The maximum absolute atomic E-state index is 9.87. The molecule has 0 heterocycles. The molecule has 0 aromatic rings. The minimum Gasteiger partial charge on any atom is -0.446 e. The molecule has 7 heteroatoms. The van der Waals surface area contributed by atoms with Gasteiger partial charge in [-0.3, -0.25) is 0 Å². The molecule has 0 spiro atoms. The summed E-state index contributed by atoms with van der Waals surface area (Å²) in [6, 6.07) is 0. The van der Waals surface area contributed by atoms with Crippen LogP contribution in [-0.2, 0) is 26.5 Å². The van der Waals surface area contributed by atoms with Crippen LogP contribution in [0.5, 0.6) is 0 Å². The molecule has 0 unspecified atom stereocenters. The van der Waals surface area contributed by atoms with Gasteiger partial charge in [0.1, 0.15) is 13.2 Å². The van der Waals surface area contributed by atoms with E-state index in [1.54, 1.807) is 0 Å². The van der Waals surface area contributed by atoms with Gasteiger partial charge in [-0.1, -0.05) is 0 Å². The van der Waals surface area contributed by atoms with Gasteiger partial charge in [-0.15, -0.1) is 0 Å². The van der Waals surface area contributed by atoms with Crippen LogP contribution >= 0.6 is 0 Å². The number of hydrogen-bond donors (Lipinski definition) is 2. The Morgan fingerprint density at radius 3 is 1.45 bits per heavy atom. The van der Waals surface area contributed by atoms with E-state index in [4.69, 9.17) is 0 Å². The maximum atomic E-state index is 9.87. The van der Waals surface area contributed by atoms with Crippen LogP contribution in [0.25, 0.3) is 0 Å². The molecule has 0 saturated carbocycles. The maximum Gasteiger partial charge on any atom is 0.404 e. The fraction of sp³-hybridized carbons (Fsp3) is 0.500. The fourth-order valence-corrected chi connectivity index (χ4v) is 0.285. The quantitative estimate of drug-likeness (QED) is 0.461. The van der Waals surface area contributed by atoms with E-state index in [9.17, 15) is 9.59 Å². The number of primary amides is 2. The number of carbonyl (C=O) groups is 2. The van der Waals surface area contributed by atoms with E-state index in [1.807, 2.05) is 0 Å². The van der Waals surface area contributed by atoms with Crippen LogP contribution in [0.1, 0.15) is 0 Å². The largest absolute Gasteiger partial charge is 0.446 e. The van der Waals surface area contributed by atoms with Crippen molar-refractivity contribution in [2.45, 2.75) is 0 Å². The first-order valence-corrected chi connectivity index (χ1v) is 2.47. The third-order valence-corrected chi connectivity index (χ3v) is 0.572. The number of rotatable bonds is 3. The van der Waals surface area contributed by atoms with E-state index in [1.165, 1.54) is 0 Å². The van der Waals surface area contributed by atoms with E-state index in [0.717, 1.165) is 0 Å². The second kappa shape index (κ2) is 7.17. The van der Waals surface area contributed by atoms with Crippen molar-refractivity contribution < 1.29 is 36.1 Å². The van der Waals surface area contributed by atoms with Crippen molar-refractivity contribution >= 4 is 12.2 Å². The molecule has 4 N–H and O–H groups in total. The summed E-state index contributed by atoms with van der Waals surface area (Å²) < 4.78 is 8.40. The second-order valence-corrected chi connectivity index (χ2v) is 1.33. The molecule has 1 radical (unpaired) electrons. The van der Waals surface area contributed by atoms with Crippen molar-refractivity contribution in [3.63, 3.8) is 0 Å². The molecule has 6 nitrogen and oxygen atoms in total. The van der Waals surface area contributed by atoms with Crippen molar-refractivity contribution in [2.75, 3.05) is 13.2 Å². The van der Waals surface area contributed by atoms with Crippen LogP contribution in [0.2, 0.25) is 0 Å². The van der Waals surface area contributed by atoms with Gasteiger partial charge in [0.05, 0.1) is 0 Å². The standard InChI is InChI=1S/C4H8N2O4.Mn/c5-3(7)9-1-2-10-4(6)8;/h1-2H2,(H2,5,7)(H2,6,8);. The molecule has 0 aliphatic heterocycles. The van der Waals surface area contributed by atoms with Gasteiger partial charge in [0, 0.05) is 17.1 Å². The van der Waals surface area contributed by atoms with Gasteiger partial charge in [0.2, 0.25) is 0 Å². The van der Waals surface area contributed by atoms with Crippen LogP contribution in [0, 0.1) is 0 Å². The van der Waals surface area contributed by atoms with Gasteiger partial charge >= 0.3 is 12.2 Å². The average Bonchev–Trinajstić information content (AvgIpc) is 1.79. The topological polar surface area (TPSA) is 105 Å². The first kappa shape index (κ1) is 12.7. The van der Waals surface area contributed by atoms with Crippen LogP contribution in [0.15, 0.2) is 0 Å². The summed E-state index contributed by atoms with van der Waals surface area (Å²) in [5, 5.41) is 0. The Kier molecular flexibility index (Phi) is 8.28. The Balaban J connectivity index is 0. The van der Waals surface area contributed by atoms with Gasteiger partial charge < -0.3 is 20.9 Å². The average molecular weight is 203 g/mol. The molecule has 0 rings (SSSR count). The summed E-state index contributed by atoms with van der Waals surface area (Å²) >= 11 is 0. The first-order valence-electron chi connectivity index (χ1n) is 2.47. The monoisotopic (exact) mass is 203 g/mol. The number of ether oxygens (including phenoxy) is 2. The molecule has 11 heavy (non-hydrogen) atoms. The fourth-order valence-electron chi connectivity index (χ4n) is 0.285. The Labute approximate surface area is 73.7 Å². The van der Waals surface area contributed by atoms with Crippen LogP contribution in [-0.4, -0.2) is 25.4 Å². The zero-order valence-corrected chi connectivity index (χ0v) is 6.76. The molecule has 0 aliphatic rings. The molecule has 0 aliphatic carbocycles. The Bertz CT molecular complexity index is 124. The second-order valence-electron chi connectivity index (χ2n) is 1.33. The van der Waals surface area contributed by atoms with Gasteiger partial charge in [-0.05, 0) is 0 Å². The van der Waals surface area contributed by atoms with Crippen LogP contribution in [0.4, 0.5) is 9.59 Å². The molecule has 2 amide bonds. The van der Waals surface area contributed by atoms with Crippen molar-refractivity contribution in [3.05, 3.63) is 0 Å². The van der Waals surface area contributed by atoms with Gasteiger partial charge in [0.15, 0.2) is 0 Å². The summed E-state index contributed by atoms with van der Waals surface area (Å²) in [6.07, 6.45) is -1.82. The number of hydrogen-bond acceptors (Lipinski definition) is 4. The molecule has 0 aromatic heterocycles. The zero-order valence-electron chi connectivity index (χ0n) is 5.58. The van der Waals surface area contributed by atoms with Crippen molar-refractivity contribution in [2.24, 2.45) is 11.5 Å². The predicted molar refractivity (Wildman–Crippen MR) is 31.1 cm³/mol. The zero-order chi connectivity index (χ0) is 7.98. The van der Waals surface area contributed by atoms with Crippen molar-refractivity contribution in [1.82, 2.24) is 0 Å². The van der Waals surface area contributed by atoms with E-state index < -0.39 is 12.2 Å². The summed E-state index contributed by atoms with van der Waals surface area (Å²) in [7, 11) is 0. The molecule has 0 bridgehead atoms. The number of amides is 2. The van der Waals surface area contributed by atoms with E-state index in [2.05, 4.69) is 20.9 Å². The third kappa shape index (κ3) is 12.3. The van der Waals surface area contributed by atoms with Gasteiger partial charge in [-0.25, -0.2) is 9.59 Å². The Hall–Kier alpha value is -0.941. The van der Waals surface area contributed by atoms with Gasteiger partial charge in [0.25, 0.3) is 0 Å². The number of nitrogens with two attached hydrogens (primary N) is 2. The van der Waals surface area contributed by atoms with E-state index in [-0.39, 0.29) is 30.3 Å². The molecular formula is C4H8MnN2O4. The first-order chi connectivity index (χ1) is 4.63. The summed E-state index contributed by atoms with van der Waals surface area (Å²) in [5.74, 6) is 0. The van der Waals surface area contributed by atoms with E-state index in [0.29, 0.717) is 0 Å². The molecule has 65 valence electrons. The Morgan fingerprint density at radius 2 is 1.27 bits per heavy atom. The van der Waals surface area contributed by atoms with Crippen LogP contribution in [0.3, 0.4) is 0 Å². The molecule has 0 saturated heterocycles. The minimum atomic E-state index is -0.909. The number of carbonyl (C=O) groups excluding carboxylic acids is 2. The molecular weight excluding hydrogens is 195 g/mol. The predicted octanol–water partition coefficient (Wildman–Crippen LogP) is -0.826. The third-order valence-electron chi connectivity index (χ3n) is 0.572. The smallest absolute Gasteiger partial charge is 0.404 e. The molecule has 0 aromatic carbocycles. The Morgan fingerprint density at radius 1 is 1.00 bits per heavy atom. The van der Waals surface area contributed by atoms with Gasteiger partial charge in [-0.2, -0.15) is 0 Å². The van der Waals surface area contributed by atoms with Crippen LogP contribution < -0.4 is 11.5 Å². The normalized spacial score (nSPS) is 7.64. The van der Waals surface area contributed by atoms with E-state index >= 15 is 0 Å². The molecule has 0 atom stereocenters. The summed E-state index contributed by atoms with van der Waals surface area (Å²) in [6.45, 7) is -0.142. The minimum absolute atomic E-state index is 0. The SMILES string of the molecule is NC(=O)OCCOC(N)=O.[Mn]. The molecule has 0 fully saturated rings. The summed E-state index contributed by atoms with van der Waals surface area (Å²) in [5.41, 5.74) is 9.15. The van der Waals surface area contributed by atoms with Crippen molar-refractivity contribution in [3.8, 4) is 0 Å². The summed E-state index contributed by atoms with van der Waals surface area (Å²) in [4.78, 5) is 19.7.